The number of sulfonamides is 1. The lowest BCUT2D eigenvalue weighted by Crippen LogP contribution is -2.52. The molecule has 1 fully saturated rings. The van der Waals surface area contributed by atoms with E-state index >= 15 is 0 Å². The second-order valence-electron chi connectivity index (χ2n) is 9.33. The monoisotopic (exact) mass is 569 g/mol. The van der Waals surface area contributed by atoms with Gasteiger partial charge in [-0.3, -0.25) is 13.9 Å². The Hall–Kier alpha value is -2.49. The molecule has 11 heteroatoms. The van der Waals surface area contributed by atoms with Gasteiger partial charge in [-0.1, -0.05) is 48.2 Å². The number of nitrogens with one attached hydrogen (secondary N) is 1. The van der Waals surface area contributed by atoms with Gasteiger partial charge in [-0.05, 0) is 56.5 Å². The number of carbonyl (C=O) groups excluding carboxylic acids is 2. The zero-order valence-electron chi connectivity index (χ0n) is 21.5. The number of aryl methyl sites for hydroxylation is 1. The minimum Gasteiger partial charge on any atom is -0.495 e. The van der Waals surface area contributed by atoms with Crippen LogP contribution in [0.1, 0.15) is 43.7 Å². The lowest BCUT2D eigenvalue weighted by molar-refractivity contribution is -0.139. The van der Waals surface area contributed by atoms with Crippen LogP contribution in [0.4, 0.5) is 5.69 Å². The quantitative estimate of drug-likeness (QED) is 0.452. The van der Waals surface area contributed by atoms with Crippen molar-refractivity contribution in [2.75, 3.05) is 24.2 Å². The molecule has 0 saturated heterocycles. The van der Waals surface area contributed by atoms with Crippen molar-refractivity contribution in [2.45, 2.75) is 58.2 Å². The van der Waals surface area contributed by atoms with Crippen LogP contribution in [0.25, 0.3) is 0 Å². The highest BCUT2D eigenvalue weighted by Gasteiger charge is 2.33. The minimum absolute atomic E-state index is 0.0554. The van der Waals surface area contributed by atoms with Crippen molar-refractivity contribution in [1.82, 2.24) is 10.2 Å². The molecule has 1 N–H and O–H groups in total. The fourth-order valence-electron chi connectivity index (χ4n) is 4.42. The lowest BCUT2D eigenvalue weighted by atomic mass is 10.1. The van der Waals surface area contributed by atoms with E-state index in [9.17, 15) is 18.0 Å². The van der Waals surface area contributed by atoms with Gasteiger partial charge in [-0.15, -0.1) is 0 Å². The molecule has 37 heavy (non-hydrogen) atoms. The molecule has 2 amide bonds. The molecule has 202 valence electrons. The van der Waals surface area contributed by atoms with Crippen LogP contribution in [0.15, 0.2) is 36.4 Å². The van der Waals surface area contributed by atoms with Gasteiger partial charge in [0.25, 0.3) is 0 Å². The van der Waals surface area contributed by atoms with E-state index in [4.69, 9.17) is 27.9 Å². The summed E-state index contributed by atoms with van der Waals surface area (Å²) in [5.41, 5.74) is 1.50. The number of hydrogen-bond donors (Lipinski definition) is 1. The Morgan fingerprint density at radius 3 is 2.32 bits per heavy atom. The highest BCUT2D eigenvalue weighted by molar-refractivity contribution is 7.92. The van der Waals surface area contributed by atoms with Gasteiger partial charge < -0.3 is 15.0 Å². The van der Waals surface area contributed by atoms with Gasteiger partial charge in [0.15, 0.2) is 0 Å². The first kappa shape index (κ1) is 29.1. The number of methoxy groups -OCH3 is 1. The maximum atomic E-state index is 13.8. The number of ether oxygens (including phenoxy) is 1. The van der Waals surface area contributed by atoms with E-state index in [0.717, 1.165) is 41.8 Å². The molecule has 1 atom stereocenters. The molecule has 0 unspecified atom stereocenters. The molecule has 1 saturated carbocycles. The largest absolute Gasteiger partial charge is 0.495 e. The molecule has 3 rings (SSSR count). The number of hydrogen-bond acceptors (Lipinski definition) is 5. The zero-order chi connectivity index (χ0) is 27.3. The van der Waals surface area contributed by atoms with Crippen molar-refractivity contribution in [3.63, 3.8) is 0 Å². The van der Waals surface area contributed by atoms with Crippen molar-refractivity contribution in [2.24, 2.45) is 0 Å². The summed E-state index contributed by atoms with van der Waals surface area (Å²) in [5.74, 6) is -0.599. The van der Waals surface area contributed by atoms with Gasteiger partial charge in [0.2, 0.25) is 21.8 Å². The number of benzene rings is 2. The molecule has 0 spiro atoms. The van der Waals surface area contributed by atoms with E-state index in [1.54, 1.807) is 43.3 Å². The second-order valence-corrected chi connectivity index (χ2v) is 12.1. The van der Waals surface area contributed by atoms with Gasteiger partial charge >= 0.3 is 0 Å². The maximum absolute atomic E-state index is 13.8. The Morgan fingerprint density at radius 2 is 1.76 bits per heavy atom. The number of amides is 2. The summed E-state index contributed by atoms with van der Waals surface area (Å²) in [6, 6.07) is 9.20. The molecule has 1 aliphatic rings. The van der Waals surface area contributed by atoms with E-state index in [0.29, 0.717) is 21.4 Å². The Labute approximate surface area is 228 Å². The zero-order valence-corrected chi connectivity index (χ0v) is 23.8. The minimum atomic E-state index is -3.90. The highest BCUT2D eigenvalue weighted by Crippen LogP contribution is 2.32. The van der Waals surface area contributed by atoms with Crippen molar-refractivity contribution < 1.29 is 22.7 Å². The van der Waals surface area contributed by atoms with E-state index in [-0.39, 0.29) is 24.2 Å². The smallest absolute Gasteiger partial charge is 0.244 e. The van der Waals surface area contributed by atoms with E-state index in [2.05, 4.69) is 5.32 Å². The molecular formula is C26H33Cl2N3O5S. The first-order valence-corrected chi connectivity index (χ1v) is 14.7. The van der Waals surface area contributed by atoms with Crippen LogP contribution in [-0.4, -0.2) is 57.1 Å². The normalized spacial score (nSPS) is 14.8. The Kier molecular flexibility index (Phi) is 9.72. The van der Waals surface area contributed by atoms with Crippen LogP contribution in [-0.2, 0) is 26.2 Å². The van der Waals surface area contributed by atoms with Crippen molar-refractivity contribution >= 4 is 50.7 Å². The van der Waals surface area contributed by atoms with E-state index in [1.807, 2.05) is 6.92 Å². The first-order valence-electron chi connectivity index (χ1n) is 12.1. The van der Waals surface area contributed by atoms with Crippen LogP contribution in [0.3, 0.4) is 0 Å². The summed E-state index contributed by atoms with van der Waals surface area (Å²) < 4.78 is 32.1. The van der Waals surface area contributed by atoms with Crippen molar-refractivity contribution in [1.29, 1.82) is 0 Å². The highest BCUT2D eigenvalue weighted by atomic mass is 35.5. The van der Waals surface area contributed by atoms with Crippen LogP contribution >= 0.6 is 23.2 Å². The van der Waals surface area contributed by atoms with Gasteiger partial charge in [0.1, 0.15) is 18.3 Å². The summed E-state index contributed by atoms with van der Waals surface area (Å²) in [6.45, 7) is 2.82. The third-order valence-corrected chi connectivity index (χ3v) is 8.38. The Balaban J connectivity index is 1.97. The fourth-order valence-corrected chi connectivity index (χ4v) is 5.78. The summed E-state index contributed by atoms with van der Waals surface area (Å²) in [7, 11) is -2.47. The predicted octanol–water partition coefficient (Wildman–Crippen LogP) is 4.55. The Morgan fingerprint density at radius 1 is 1.14 bits per heavy atom. The molecule has 1 aliphatic carbocycles. The molecular weight excluding hydrogens is 537 g/mol. The van der Waals surface area contributed by atoms with Gasteiger partial charge in [0, 0.05) is 28.2 Å². The maximum Gasteiger partial charge on any atom is 0.244 e. The lowest BCUT2D eigenvalue weighted by Gasteiger charge is -2.32. The second kappa shape index (κ2) is 12.4. The molecule has 2 aromatic rings. The number of carbonyl (C=O) groups is 2. The summed E-state index contributed by atoms with van der Waals surface area (Å²) in [5, 5.41) is 3.70. The topological polar surface area (TPSA) is 96.0 Å². The molecule has 2 aromatic carbocycles. The van der Waals surface area contributed by atoms with Crippen molar-refractivity contribution in [3.05, 3.63) is 57.6 Å². The predicted molar refractivity (Wildman–Crippen MR) is 147 cm³/mol. The third kappa shape index (κ3) is 7.30. The van der Waals surface area contributed by atoms with Crippen LogP contribution in [0.5, 0.6) is 5.75 Å². The van der Waals surface area contributed by atoms with Crippen LogP contribution in [0.2, 0.25) is 10.0 Å². The number of nitrogens with zero attached hydrogens (tertiary/aromatic N) is 2. The van der Waals surface area contributed by atoms with Crippen molar-refractivity contribution in [3.8, 4) is 5.75 Å². The molecule has 8 nitrogen and oxygen atoms in total. The number of anilines is 1. The SMILES string of the molecule is COc1ccc(C)cc1N(CC(=O)N(Cc1c(Cl)cccc1Cl)[C@@H](C)C(=O)NC1CCCC1)S(C)(=O)=O. The molecule has 0 bridgehead atoms. The first-order chi connectivity index (χ1) is 17.4. The standard InChI is InChI=1S/C26H33Cl2N3O5S/c1-17-12-13-24(36-3)23(14-17)31(37(4,34)35)16-25(32)30(15-20-21(27)10-7-11-22(20)28)18(2)26(33)29-19-8-5-6-9-19/h7,10-14,18-19H,5-6,8-9,15-16H2,1-4H3,(H,29,33)/t18-/m0/s1. The summed E-state index contributed by atoms with van der Waals surface area (Å²) in [6.07, 6.45) is 4.88. The number of halogens is 2. The average Bonchev–Trinajstić information content (AvgIpc) is 3.34. The molecule has 0 radical (unpaired) electrons. The molecule has 0 aliphatic heterocycles. The Bertz CT molecular complexity index is 1230. The fraction of sp³-hybridized carbons (Fsp3) is 0.462. The summed E-state index contributed by atoms with van der Waals surface area (Å²) in [4.78, 5) is 28.3. The molecule has 0 heterocycles. The number of rotatable bonds is 10. The summed E-state index contributed by atoms with van der Waals surface area (Å²) >= 11 is 12.8. The average molecular weight is 571 g/mol. The third-order valence-electron chi connectivity index (χ3n) is 6.54. The van der Waals surface area contributed by atoms with E-state index in [1.165, 1.54) is 12.0 Å². The van der Waals surface area contributed by atoms with Gasteiger partial charge in [0.05, 0.1) is 19.1 Å². The van der Waals surface area contributed by atoms with Gasteiger partial charge in [-0.2, -0.15) is 0 Å². The van der Waals surface area contributed by atoms with Crippen LogP contribution < -0.4 is 14.4 Å². The van der Waals surface area contributed by atoms with Gasteiger partial charge in [-0.25, -0.2) is 8.42 Å². The van der Waals surface area contributed by atoms with Crippen LogP contribution in [0, 0.1) is 6.92 Å². The van der Waals surface area contributed by atoms with E-state index < -0.39 is 28.5 Å². The molecule has 0 aromatic heterocycles.